The standard InChI is InChI=1S/C12H10BrN3O2/c1-2-12-14-10(7-11(13)15-12)8-4-3-5-9(6-8)16(17)18/h3-7H,2H2,1H3. The third-order valence-corrected chi connectivity index (χ3v) is 2.82. The van der Waals surface area contributed by atoms with Crippen LogP contribution >= 0.6 is 15.9 Å². The second-order valence-electron chi connectivity index (χ2n) is 3.65. The molecule has 0 saturated heterocycles. The highest BCUT2D eigenvalue weighted by Gasteiger charge is 2.09. The molecule has 0 saturated carbocycles. The highest BCUT2D eigenvalue weighted by molar-refractivity contribution is 9.10. The van der Waals surface area contributed by atoms with E-state index in [0.717, 1.165) is 0 Å². The van der Waals surface area contributed by atoms with Gasteiger partial charge in [-0.25, -0.2) is 9.97 Å². The number of benzene rings is 1. The van der Waals surface area contributed by atoms with Crippen molar-refractivity contribution in [2.45, 2.75) is 13.3 Å². The number of hydrogen-bond acceptors (Lipinski definition) is 4. The summed E-state index contributed by atoms with van der Waals surface area (Å²) in [6.07, 6.45) is 0.710. The number of nitro benzene ring substituents is 1. The molecule has 1 aromatic carbocycles. The zero-order valence-electron chi connectivity index (χ0n) is 9.63. The van der Waals surface area contributed by atoms with Crippen molar-refractivity contribution in [2.24, 2.45) is 0 Å². The van der Waals surface area contributed by atoms with Gasteiger partial charge in [-0.3, -0.25) is 10.1 Å². The Labute approximate surface area is 112 Å². The van der Waals surface area contributed by atoms with E-state index < -0.39 is 4.92 Å². The predicted molar refractivity (Wildman–Crippen MR) is 71.2 cm³/mol. The van der Waals surface area contributed by atoms with Crippen LogP contribution in [0.2, 0.25) is 0 Å². The number of non-ortho nitro benzene ring substituents is 1. The van der Waals surface area contributed by atoms with Crippen LogP contribution in [0.4, 0.5) is 5.69 Å². The SMILES string of the molecule is CCc1nc(Br)cc(-c2cccc([N+](=O)[O-])c2)n1. The van der Waals surface area contributed by atoms with Gasteiger partial charge in [-0.15, -0.1) is 0 Å². The number of rotatable bonds is 3. The minimum atomic E-state index is -0.416. The summed E-state index contributed by atoms with van der Waals surface area (Å²) in [7, 11) is 0. The van der Waals surface area contributed by atoms with Crippen molar-refractivity contribution in [3.8, 4) is 11.3 Å². The molecule has 2 aromatic rings. The highest BCUT2D eigenvalue weighted by Crippen LogP contribution is 2.24. The van der Waals surface area contributed by atoms with E-state index in [2.05, 4.69) is 25.9 Å². The van der Waals surface area contributed by atoms with Crippen molar-refractivity contribution in [2.75, 3.05) is 0 Å². The van der Waals surface area contributed by atoms with Crippen molar-refractivity contribution in [1.82, 2.24) is 9.97 Å². The van der Waals surface area contributed by atoms with Gasteiger partial charge < -0.3 is 0 Å². The summed E-state index contributed by atoms with van der Waals surface area (Å²) in [6.45, 7) is 1.96. The van der Waals surface area contributed by atoms with Crippen LogP contribution in [0.1, 0.15) is 12.7 Å². The molecule has 0 N–H and O–H groups in total. The molecule has 0 aliphatic carbocycles. The van der Waals surface area contributed by atoms with Gasteiger partial charge in [0, 0.05) is 24.1 Å². The van der Waals surface area contributed by atoms with Gasteiger partial charge in [0.1, 0.15) is 10.4 Å². The quantitative estimate of drug-likeness (QED) is 0.495. The molecule has 0 aliphatic rings. The fourth-order valence-corrected chi connectivity index (χ4v) is 1.97. The molecule has 0 fully saturated rings. The molecule has 5 nitrogen and oxygen atoms in total. The van der Waals surface area contributed by atoms with Crippen LogP contribution in [0.5, 0.6) is 0 Å². The minimum Gasteiger partial charge on any atom is -0.258 e. The van der Waals surface area contributed by atoms with Gasteiger partial charge in [-0.2, -0.15) is 0 Å². The summed E-state index contributed by atoms with van der Waals surface area (Å²) in [4.78, 5) is 18.9. The molecule has 0 bridgehead atoms. The molecular weight excluding hydrogens is 298 g/mol. The second kappa shape index (κ2) is 5.22. The summed E-state index contributed by atoms with van der Waals surface area (Å²) in [5.41, 5.74) is 1.44. The summed E-state index contributed by atoms with van der Waals surface area (Å²) in [5.74, 6) is 0.700. The zero-order valence-corrected chi connectivity index (χ0v) is 11.2. The average molecular weight is 308 g/mol. The first kappa shape index (κ1) is 12.6. The van der Waals surface area contributed by atoms with E-state index in [9.17, 15) is 10.1 Å². The maximum absolute atomic E-state index is 10.7. The normalized spacial score (nSPS) is 10.3. The Morgan fingerprint density at radius 3 is 2.78 bits per heavy atom. The molecule has 0 amide bonds. The van der Waals surface area contributed by atoms with Crippen molar-refractivity contribution in [1.29, 1.82) is 0 Å². The van der Waals surface area contributed by atoms with E-state index in [0.29, 0.717) is 28.1 Å². The van der Waals surface area contributed by atoms with Crippen LogP contribution in [0.25, 0.3) is 11.3 Å². The van der Waals surface area contributed by atoms with E-state index in [1.54, 1.807) is 18.2 Å². The molecule has 18 heavy (non-hydrogen) atoms. The van der Waals surface area contributed by atoms with Gasteiger partial charge >= 0.3 is 0 Å². The molecule has 0 unspecified atom stereocenters. The summed E-state index contributed by atoms with van der Waals surface area (Å²) in [5, 5.41) is 10.7. The van der Waals surface area contributed by atoms with E-state index in [-0.39, 0.29) is 5.69 Å². The van der Waals surface area contributed by atoms with Gasteiger partial charge in [0.05, 0.1) is 10.6 Å². The van der Waals surface area contributed by atoms with E-state index in [1.165, 1.54) is 12.1 Å². The van der Waals surface area contributed by atoms with E-state index >= 15 is 0 Å². The highest BCUT2D eigenvalue weighted by atomic mass is 79.9. The Hall–Kier alpha value is -1.82. The average Bonchev–Trinajstić information content (AvgIpc) is 2.38. The molecule has 0 aliphatic heterocycles. The maximum Gasteiger partial charge on any atom is 0.270 e. The van der Waals surface area contributed by atoms with Crippen LogP contribution in [0.15, 0.2) is 34.9 Å². The molecule has 92 valence electrons. The second-order valence-corrected chi connectivity index (χ2v) is 4.47. The lowest BCUT2D eigenvalue weighted by atomic mass is 10.1. The van der Waals surface area contributed by atoms with Gasteiger partial charge in [-0.1, -0.05) is 19.1 Å². The number of halogens is 1. The zero-order chi connectivity index (χ0) is 13.1. The molecule has 0 atom stereocenters. The van der Waals surface area contributed by atoms with Gasteiger partial charge in [0.25, 0.3) is 5.69 Å². The Balaban J connectivity index is 2.51. The number of aryl methyl sites for hydroxylation is 1. The molecule has 1 heterocycles. The topological polar surface area (TPSA) is 68.9 Å². The molecule has 1 aromatic heterocycles. The lowest BCUT2D eigenvalue weighted by Crippen LogP contribution is -1.96. The smallest absolute Gasteiger partial charge is 0.258 e. The van der Waals surface area contributed by atoms with Gasteiger partial charge in [0.2, 0.25) is 0 Å². The van der Waals surface area contributed by atoms with Crippen LogP contribution in [0.3, 0.4) is 0 Å². The lowest BCUT2D eigenvalue weighted by Gasteiger charge is -2.04. The number of hydrogen-bond donors (Lipinski definition) is 0. The number of nitro groups is 1. The molecule has 2 rings (SSSR count). The van der Waals surface area contributed by atoms with Gasteiger partial charge in [0.15, 0.2) is 0 Å². The Bertz CT molecular complexity index is 602. The first-order valence-corrected chi connectivity index (χ1v) is 6.17. The van der Waals surface area contributed by atoms with Crippen LogP contribution in [0, 0.1) is 10.1 Å². The summed E-state index contributed by atoms with van der Waals surface area (Å²) in [6, 6.07) is 8.16. The van der Waals surface area contributed by atoms with Crippen molar-refractivity contribution >= 4 is 21.6 Å². The first-order chi connectivity index (χ1) is 8.60. The summed E-state index contributed by atoms with van der Waals surface area (Å²) < 4.78 is 0.677. The van der Waals surface area contributed by atoms with Crippen molar-refractivity contribution in [3.63, 3.8) is 0 Å². The van der Waals surface area contributed by atoms with Crippen molar-refractivity contribution < 1.29 is 4.92 Å². The fraction of sp³-hybridized carbons (Fsp3) is 0.167. The molecule has 0 radical (unpaired) electrons. The first-order valence-electron chi connectivity index (χ1n) is 5.38. The van der Waals surface area contributed by atoms with E-state index in [1.807, 2.05) is 6.92 Å². The molecule has 0 spiro atoms. The Kier molecular flexibility index (Phi) is 3.66. The Morgan fingerprint density at radius 2 is 2.11 bits per heavy atom. The predicted octanol–water partition coefficient (Wildman–Crippen LogP) is 3.38. The number of aromatic nitrogens is 2. The monoisotopic (exact) mass is 307 g/mol. The summed E-state index contributed by atoms with van der Waals surface area (Å²) >= 11 is 3.31. The third-order valence-electron chi connectivity index (χ3n) is 2.41. The minimum absolute atomic E-state index is 0.0558. The van der Waals surface area contributed by atoms with Crippen LogP contribution in [-0.2, 0) is 6.42 Å². The Morgan fingerprint density at radius 1 is 1.33 bits per heavy atom. The number of nitrogens with zero attached hydrogens (tertiary/aromatic N) is 3. The largest absolute Gasteiger partial charge is 0.270 e. The molecular formula is C12H10BrN3O2. The van der Waals surface area contributed by atoms with Crippen molar-refractivity contribution in [3.05, 3.63) is 50.9 Å². The maximum atomic E-state index is 10.7. The third kappa shape index (κ3) is 2.70. The molecule has 6 heteroatoms. The van der Waals surface area contributed by atoms with Crippen LogP contribution in [-0.4, -0.2) is 14.9 Å². The van der Waals surface area contributed by atoms with Crippen LogP contribution < -0.4 is 0 Å². The van der Waals surface area contributed by atoms with Gasteiger partial charge in [-0.05, 0) is 22.0 Å². The van der Waals surface area contributed by atoms with E-state index in [4.69, 9.17) is 0 Å². The fourth-order valence-electron chi connectivity index (χ4n) is 1.55. The lowest BCUT2D eigenvalue weighted by molar-refractivity contribution is -0.384.